The summed E-state index contributed by atoms with van der Waals surface area (Å²) in [6.45, 7) is 0. The average molecular weight is 174 g/mol. The van der Waals surface area contributed by atoms with Gasteiger partial charge in [-0.05, 0) is 12.8 Å². The molecule has 0 amide bonds. The molecule has 1 aliphatic heterocycles. The molecule has 0 aliphatic carbocycles. The summed E-state index contributed by atoms with van der Waals surface area (Å²) >= 11 is 0. The van der Waals surface area contributed by atoms with Crippen LogP contribution in [0, 0.1) is 5.75 Å². The number of hydrogen-bond acceptors (Lipinski definition) is 2. The fourth-order valence-electron chi connectivity index (χ4n) is 1.01. The Morgan fingerprint density at radius 2 is 1.70 bits per heavy atom. The zero-order chi connectivity index (χ0) is 7.07. The maximum Gasteiger partial charge on any atom is 0.0601 e. The Kier molecular flexibility index (Phi) is 5.64. The molecule has 0 spiro atoms. The Morgan fingerprint density at radius 1 is 0.900 bits per heavy atom. The zero-order valence-corrected chi connectivity index (χ0v) is 7.90. The molecule has 0 aromatic heterocycles. The summed E-state index contributed by atoms with van der Waals surface area (Å²) in [7, 11) is 3.78. The van der Waals surface area contributed by atoms with Crippen LogP contribution in [0.5, 0.6) is 0 Å². The normalized spacial score (nSPS) is 24.0. The minimum absolute atomic E-state index is 1.19. The van der Waals surface area contributed by atoms with Gasteiger partial charge in [0.15, 0.2) is 0 Å². The van der Waals surface area contributed by atoms with Gasteiger partial charge < -0.3 is 0 Å². The van der Waals surface area contributed by atoms with E-state index in [0.29, 0.717) is 0 Å². The van der Waals surface area contributed by atoms with Gasteiger partial charge in [-0.15, -0.1) is 0 Å². The topological polar surface area (TPSA) is 0 Å². The van der Waals surface area contributed by atoms with E-state index in [1.54, 1.807) is 0 Å². The molecular formula is C8H14S2. The molecule has 58 valence electrons. The molecule has 2 radical (unpaired) electrons. The molecule has 0 nitrogen and oxygen atoms in total. The molecule has 0 bridgehead atoms. The quantitative estimate of drug-likeness (QED) is 0.513. The maximum absolute atomic E-state index is 3.33. The summed E-state index contributed by atoms with van der Waals surface area (Å²) in [5, 5.41) is 0. The highest BCUT2D eigenvalue weighted by Gasteiger charge is 1.97. The Labute approximate surface area is 71.9 Å². The summed E-state index contributed by atoms with van der Waals surface area (Å²) in [6, 6.07) is 0. The molecule has 0 unspecified atom stereocenters. The first-order chi connectivity index (χ1) is 5.00. The minimum atomic E-state index is 1.19. The van der Waals surface area contributed by atoms with Crippen LogP contribution in [0.2, 0.25) is 0 Å². The lowest BCUT2D eigenvalue weighted by Crippen LogP contribution is -1.83. The molecule has 1 heterocycles. The first-order valence-corrected chi connectivity index (χ1v) is 6.33. The third-order valence-corrected chi connectivity index (χ3v) is 3.73. The van der Waals surface area contributed by atoms with Crippen LogP contribution in [0.15, 0.2) is 0 Å². The minimum Gasteiger partial charge on any atom is -0.0935 e. The highest BCUT2D eigenvalue weighted by molar-refractivity contribution is 8.77. The number of rotatable bonds is 0. The summed E-state index contributed by atoms with van der Waals surface area (Å²) in [4.78, 5) is 0. The van der Waals surface area contributed by atoms with E-state index >= 15 is 0 Å². The van der Waals surface area contributed by atoms with Crippen LogP contribution < -0.4 is 0 Å². The monoisotopic (exact) mass is 174 g/mol. The van der Waals surface area contributed by atoms with E-state index in [-0.39, 0.29) is 0 Å². The molecule has 10 heavy (non-hydrogen) atoms. The van der Waals surface area contributed by atoms with Gasteiger partial charge in [0.25, 0.3) is 0 Å². The van der Waals surface area contributed by atoms with E-state index in [0.717, 1.165) is 0 Å². The van der Waals surface area contributed by atoms with E-state index in [4.69, 9.17) is 0 Å². The van der Waals surface area contributed by atoms with E-state index < -0.39 is 0 Å². The Bertz CT molecular complexity index is 40.4. The average Bonchev–Trinajstić information content (AvgIpc) is 2.01. The van der Waals surface area contributed by atoms with E-state index in [1.165, 1.54) is 44.3 Å². The van der Waals surface area contributed by atoms with Gasteiger partial charge in [-0.25, -0.2) is 0 Å². The zero-order valence-electron chi connectivity index (χ0n) is 6.27. The van der Waals surface area contributed by atoms with Crippen molar-refractivity contribution in [2.24, 2.45) is 0 Å². The largest absolute Gasteiger partial charge is 0.0935 e. The second kappa shape index (κ2) is 6.41. The van der Waals surface area contributed by atoms with Crippen LogP contribution in [0.25, 0.3) is 0 Å². The van der Waals surface area contributed by atoms with Crippen LogP contribution in [0.1, 0.15) is 38.5 Å². The second-order valence-corrected chi connectivity index (χ2v) is 4.87. The molecule has 0 aromatic rings. The van der Waals surface area contributed by atoms with Crippen molar-refractivity contribution in [1.29, 1.82) is 0 Å². The fourth-order valence-corrected chi connectivity index (χ4v) is 2.83. The lowest BCUT2D eigenvalue weighted by molar-refractivity contribution is 0.637. The van der Waals surface area contributed by atoms with Gasteiger partial charge in [0.2, 0.25) is 0 Å². The molecule has 0 aromatic carbocycles. The first kappa shape index (κ1) is 8.79. The van der Waals surface area contributed by atoms with Gasteiger partial charge in [0.05, 0.1) is 5.75 Å². The van der Waals surface area contributed by atoms with Gasteiger partial charge in [0, 0.05) is 5.75 Å². The maximum atomic E-state index is 3.33. The smallest absolute Gasteiger partial charge is 0.0601 e. The molecule has 1 saturated heterocycles. The van der Waals surface area contributed by atoms with Crippen LogP contribution in [-0.2, 0) is 0 Å². The molecule has 0 saturated carbocycles. The van der Waals surface area contributed by atoms with Crippen molar-refractivity contribution >= 4 is 21.6 Å². The van der Waals surface area contributed by atoms with Gasteiger partial charge in [-0.1, -0.05) is 47.3 Å². The third-order valence-electron chi connectivity index (χ3n) is 1.62. The van der Waals surface area contributed by atoms with E-state index in [9.17, 15) is 0 Å². The van der Waals surface area contributed by atoms with Crippen molar-refractivity contribution in [3.8, 4) is 0 Å². The standard InChI is InChI=1S/C8H14S2/c1-2-4-6-8-10-9-7-5-3-1/h1-7H2. The van der Waals surface area contributed by atoms with Crippen LogP contribution in [0.3, 0.4) is 0 Å². The van der Waals surface area contributed by atoms with Crippen LogP contribution in [-0.4, -0.2) is 5.75 Å². The molecule has 2 heteroatoms. The predicted molar refractivity (Wildman–Crippen MR) is 51.0 cm³/mol. The molecular weight excluding hydrogens is 160 g/mol. The van der Waals surface area contributed by atoms with Crippen molar-refractivity contribution in [1.82, 2.24) is 0 Å². The Balaban J connectivity index is 2.00. The van der Waals surface area contributed by atoms with Gasteiger partial charge in [-0.3, -0.25) is 0 Å². The number of hydrogen-bond donors (Lipinski definition) is 0. The van der Waals surface area contributed by atoms with Gasteiger partial charge in [0.1, 0.15) is 0 Å². The summed E-state index contributed by atoms with van der Waals surface area (Å²) < 4.78 is 0. The van der Waals surface area contributed by atoms with Crippen molar-refractivity contribution in [2.45, 2.75) is 38.5 Å². The van der Waals surface area contributed by atoms with E-state index in [2.05, 4.69) is 5.75 Å². The van der Waals surface area contributed by atoms with Crippen molar-refractivity contribution in [3.05, 3.63) is 5.75 Å². The Morgan fingerprint density at radius 3 is 2.70 bits per heavy atom. The molecule has 1 aliphatic rings. The lowest BCUT2D eigenvalue weighted by Gasteiger charge is -2.04. The van der Waals surface area contributed by atoms with Crippen molar-refractivity contribution < 1.29 is 0 Å². The second-order valence-electron chi connectivity index (χ2n) is 2.57. The SMILES string of the molecule is [C]1CCCCCCCSS1. The molecule has 1 rings (SSSR count). The van der Waals surface area contributed by atoms with Crippen LogP contribution >= 0.6 is 21.6 Å². The summed E-state index contributed by atoms with van der Waals surface area (Å²) in [5.74, 6) is 4.65. The van der Waals surface area contributed by atoms with E-state index in [1.807, 2.05) is 21.6 Å². The Hall–Kier alpha value is 0.700. The molecule has 0 N–H and O–H groups in total. The van der Waals surface area contributed by atoms with Crippen molar-refractivity contribution in [2.75, 3.05) is 5.75 Å². The summed E-state index contributed by atoms with van der Waals surface area (Å²) in [6.07, 6.45) is 8.24. The van der Waals surface area contributed by atoms with Gasteiger partial charge >= 0.3 is 0 Å². The van der Waals surface area contributed by atoms with Crippen LogP contribution in [0.4, 0.5) is 0 Å². The third kappa shape index (κ3) is 4.51. The first-order valence-electron chi connectivity index (χ1n) is 4.01. The summed E-state index contributed by atoms with van der Waals surface area (Å²) in [5.41, 5.74) is 0. The fraction of sp³-hybridized carbons (Fsp3) is 0.875. The molecule has 1 fully saturated rings. The van der Waals surface area contributed by atoms with Crippen molar-refractivity contribution in [3.63, 3.8) is 0 Å². The van der Waals surface area contributed by atoms with Gasteiger partial charge in [-0.2, -0.15) is 0 Å². The highest BCUT2D eigenvalue weighted by Crippen LogP contribution is 2.29. The highest BCUT2D eigenvalue weighted by atomic mass is 33.1. The predicted octanol–water partition coefficient (Wildman–Crippen LogP) is 3.76. The molecule has 0 atom stereocenters. The lowest BCUT2D eigenvalue weighted by atomic mass is 10.1.